The van der Waals surface area contributed by atoms with Crippen molar-refractivity contribution in [1.29, 1.82) is 0 Å². The second-order valence-corrected chi connectivity index (χ2v) is 5.33. The molecule has 0 heterocycles. The lowest BCUT2D eigenvalue weighted by atomic mass is 10.1. The molecule has 2 rings (SSSR count). The first-order valence-electron chi connectivity index (χ1n) is 6.89. The van der Waals surface area contributed by atoms with Crippen LogP contribution < -0.4 is 5.32 Å². The lowest BCUT2D eigenvalue weighted by molar-refractivity contribution is 0.0916. The largest absolute Gasteiger partial charge is 0.394 e. The number of ether oxygens (including phenoxy) is 1. The second kappa shape index (κ2) is 7.94. The standard InChI is InChI=1S/C17H18ClNO3/c1-22-11-12-2-4-14(5-3-12)17(21)19-16(10-20)13-6-8-15(18)9-7-13/h2-9,16,20H,10-11H2,1H3,(H,19,21). The van der Waals surface area contributed by atoms with Gasteiger partial charge in [-0.3, -0.25) is 4.79 Å². The van der Waals surface area contributed by atoms with Gasteiger partial charge in [-0.05, 0) is 35.4 Å². The van der Waals surface area contributed by atoms with E-state index in [9.17, 15) is 9.90 Å². The minimum atomic E-state index is -0.469. The molecule has 2 aromatic carbocycles. The van der Waals surface area contributed by atoms with Gasteiger partial charge in [0.15, 0.2) is 0 Å². The third-order valence-electron chi connectivity index (χ3n) is 3.29. The van der Waals surface area contributed by atoms with Gasteiger partial charge in [0.05, 0.1) is 19.3 Å². The summed E-state index contributed by atoms with van der Waals surface area (Å²) in [5.41, 5.74) is 2.33. The van der Waals surface area contributed by atoms with E-state index in [1.165, 1.54) is 0 Å². The van der Waals surface area contributed by atoms with Crippen LogP contribution in [0.1, 0.15) is 27.5 Å². The van der Waals surface area contributed by atoms with E-state index >= 15 is 0 Å². The third-order valence-corrected chi connectivity index (χ3v) is 3.54. The monoisotopic (exact) mass is 319 g/mol. The fourth-order valence-electron chi connectivity index (χ4n) is 2.09. The zero-order valence-electron chi connectivity index (χ0n) is 12.3. The highest BCUT2D eigenvalue weighted by Crippen LogP contribution is 2.17. The fourth-order valence-corrected chi connectivity index (χ4v) is 2.22. The quantitative estimate of drug-likeness (QED) is 0.860. The van der Waals surface area contributed by atoms with E-state index in [0.29, 0.717) is 17.2 Å². The zero-order chi connectivity index (χ0) is 15.9. The summed E-state index contributed by atoms with van der Waals surface area (Å²) >= 11 is 5.84. The van der Waals surface area contributed by atoms with Crippen LogP contribution in [-0.4, -0.2) is 24.7 Å². The van der Waals surface area contributed by atoms with E-state index in [4.69, 9.17) is 16.3 Å². The number of carbonyl (C=O) groups is 1. The molecule has 0 spiro atoms. The molecule has 0 radical (unpaired) electrons. The molecule has 2 aromatic rings. The van der Waals surface area contributed by atoms with E-state index in [2.05, 4.69) is 5.32 Å². The zero-order valence-corrected chi connectivity index (χ0v) is 13.0. The van der Waals surface area contributed by atoms with Crippen molar-refractivity contribution in [3.05, 3.63) is 70.2 Å². The Bertz CT molecular complexity index is 611. The van der Waals surface area contributed by atoms with Crippen LogP contribution >= 0.6 is 11.6 Å². The fraction of sp³-hybridized carbons (Fsp3) is 0.235. The highest BCUT2D eigenvalue weighted by Gasteiger charge is 2.14. The summed E-state index contributed by atoms with van der Waals surface area (Å²) in [6.07, 6.45) is 0. The normalized spacial score (nSPS) is 12.0. The average molecular weight is 320 g/mol. The summed E-state index contributed by atoms with van der Waals surface area (Å²) in [6, 6.07) is 13.7. The molecule has 4 nitrogen and oxygen atoms in total. The highest BCUT2D eigenvalue weighted by atomic mass is 35.5. The number of benzene rings is 2. The number of nitrogens with one attached hydrogen (secondary N) is 1. The number of amides is 1. The van der Waals surface area contributed by atoms with Gasteiger partial charge in [0.1, 0.15) is 0 Å². The summed E-state index contributed by atoms with van der Waals surface area (Å²) in [6.45, 7) is 0.321. The maximum atomic E-state index is 12.2. The van der Waals surface area contributed by atoms with Gasteiger partial charge in [-0.15, -0.1) is 0 Å². The van der Waals surface area contributed by atoms with Crippen LogP contribution in [0.3, 0.4) is 0 Å². The maximum Gasteiger partial charge on any atom is 0.251 e. The molecule has 1 atom stereocenters. The molecule has 0 saturated heterocycles. The maximum absolute atomic E-state index is 12.2. The number of hydrogen-bond acceptors (Lipinski definition) is 3. The topological polar surface area (TPSA) is 58.6 Å². The summed E-state index contributed by atoms with van der Waals surface area (Å²) in [5.74, 6) is -0.238. The number of rotatable bonds is 6. The van der Waals surface area contributed by atoms with Crippen LogP contribution in [0.4, 0.5) is 0 Å². The Hall–Kier alpha value is -1.88. The molecule has 0 aliphatic rings. The molecule has 0 aliphatic heterocycles. The molecule has 0 saturated carbocycles. The Morgan fingerprint density at radius 3 is 2.36 bits per heavy atom. The van der Waals surface area contributed by atoms with Crippen LogP contribution in [-0.2, 0) is 11.3 Å². The Balaban J connectivity index is 2.06. The van der Waals surface area contributed by atoms with Crippen LogP contribution in [0, 0.1) is 0 Å². The van der Waals surface area contributed by atoms with Crippen molar-refractivity contribution in [3.63, 3.8) is 0 Å². The van der Waals surface area contributed by atoms with E-state index in [-0.39, 0.29) is 12.5 Å². The molecule has 2 N–H and O–H groups in total. The van der Waals surface area contributed by atoms with Gasteiger partial charge in [0.2, 0.25) is 0 Å². The molecule has 1 amide bonds. The first-order valence-corrected chi connectivity index (χ1v) is 7.27. The van der Waals surface area contributed by atoms with Crippen LogP contribution in [0.2, 0.25) is 5.02 Å². The molecule has 0 fully saturated rings. The lowest BCUT2D eigenvalue weighted by Gasteiger charge is -2.17. The van der Waals surface area contributed by atoms with E-state index in [0.717, 1.165) is 11.1 Å². The van der Waals surface area contributed by atoms with Crippen molar-refractivity contribution in [2.75, 3.05) is 13.7 Å². The van der Waals surface area contributed by atoms with Crippen molar-refractivity contribution in [2.45, 2.75) is 12.6 Å². The first-order chi connectivity index (χ1) is 10.6. The second-order valence-electron chi connectivity index (χ2n) is 4.89. The molecule has 1 unspecified atom stereocenters. The molecular weight excluding hydrogens is 302 g/mol. The Labute approximate surface area is 134 Å². The van der Waals surface area contributed by atoms with Crippen molar-refractivity contribution >= 4 is 17.5 Å². The third kappa shape index (κ3) is 4.31. The predicted octanol–water partition coefficient (Wildman–Crippen LogP) is 2.95. The Kier molecular flexibility index (Phi) is 5.95. The summed E-state index contributed by atoms with van der Waals surface area (Å²) < 4.78 is 5.03. The van der Waals surface area contributed by atoms with Gasteiger partial charge < -0.3 is 15.2 Å². The number of hydrogen-bond donors (Lipinski definition) is 2. The van der Waals surface area contributed by atoms with Gasteiger partial charge in [-0.25, -0.2) is 0 Å². The molecule has 0 aromatic heterocycles. The van der Waals surface area contributed by atoms with Gasteiger partial charge in [0, 0.05) is 17.7 Å². The van der Waals surface area contributed by atoms with Crippen molar-refractivity contribution in [1.82, 2.24) is 5.32 Å². The summed E-state index contributed by atoms with van der Waals surface area (Å²) in [7, 11) is 1.62. The SMILES string of the molecule is COCc1ccc(C(=O)NC(CO)c2ccc(Cl)cc2)cc1. The molecule has 0 aliphatic carbocycles. The van der Waals surface area contributed by atoms with Crippen LogP contribution in [0.15, 0.2) is 48.5 Å². The smallest absolute Gasteiger partial charge is 0.251 e. The van der Waals surface area contributed by atoms with E-state index in [1.54, 1.807) is 43.5 Å². The highest BCUT2D eigenvalue weighted by molar-refractivity contribution is 6.30. The Morgan fingerprint density at radius 2 is 1.82 bits per heavy atom. The van der Waals surface area contributed by atoms with Gasteiger partial charge in [-0.1, -0.05) is 35.9 Å². The molecule has 5 heteroatoms. The van der Waals surface area contributed by atoms with Crippen molar-refractivity contribution in [2.24, 2.45) is 0 Å². The van der Waals surface area contributed by atoms with Gasteiger partial charge in [-0.2, -0.15) is 0 Å². The summed E-state index contributed by atoms with van der Waals surface area (Å²) in [5, 5.41) is 12.9. The molecule has 0 bridgehead atoms. The minimum Gasteiger partial charge on any atom is -0.394 e. The molecule has 22 heavy (non-hydrogen) atoms. The van der Waals surface area contributed by atoms with Gasteiger partial charge >= 0.3 is 0 Å². The molecule has 116 valence electrons. The van der Waals surface area contributed by atoms with E-state index < -0.39 is 6.04 Å². The van der Waals surface area contributed by atoms with Crippen LogP contribution in [0.25, 0.3) is 0 Å². The number of halogens is 1. The lowest BCUT2D eigenvalue weighted by Crippen LogP contribution is -2.30. The number of aliphatic hydroxyl groups is 1. The number of carbonyl (C=O) groups excluding carboxylic acids is 1. The number of methoxy groups -OCH3 is 1. The summed E-state index contributed by atoms with van der Waals surface area (Å²) in [4.78, 5) is 12.2. The molecular formula is C17H18ClNO3. The average Bonchev–Trinajstić information content (AvgIpc) is 2.54. The number of aliphatic hydroxyl groups excluding tert-OH is 1. The minimum absolute atomic E-state index is 0.185. The van der Waals surface area contributed by atoms with Gasteiger partial charge in [0.25, 0.3) is 5.91 Å². The van der Waals surface area contributed by atoms with Crippen molar-refractivity contribution in [3.8, 4) is 0 Å². The first kappa shape index (κ1) is 16.5. The predicted molar refractivity (Wildman–Crippen MR) is 85.9 cm³/mol. The van der Waals surface area contributed by atoms with E-state index in [1.807, 2.05) is 12.1 Å². The Morgan fingerprint density at radius 1 is 1.18 bits per heavy atom. The van der Waals surface area contributed by atoms with Crippen LogP contribution in [0.5, 0.6) is 0 Å². The van der Waals surface area contributed by atoms with Crippen molar-refractivity contribution < 1.29 is 14.6 Å².